The highest BCUT2D eigenvalue weighted by molar-refractivity contribution is 5.97. The maximum atomic E-state index is 13.1. The van der Waals surface area contributed by atoms with Crippen molar-refractivity contribution in [1.29, 1.82) is 5.26 Å². The fourth-order valence-corrected chi connectivity index (χ4v) is 4.13. The number of rotatable bonds is 9. The molecule has 1 amide bonds. The standard InChI is InChI=1S/C29H29N5O3/c1-19(18-36-3)32-26(35)23-13-22(25-12-8-7-11-21(25)17-30)14-24(15-23)27-33-34-28(37-27)29(2,31)16-20-9-5-4-6-10-20/h4-15,19H,16,18,31H2,1-3H3,(H,32,35)/t19?,29-/m1/s1. The molecule has 0 bridgehead atoms. The minimum Gasteiger partial charge on any atom is -0.419 e. The van der Waals surface area contributed by atoms with Crippen LogP contribution in [0.15, 0.2) is 77.2 Å². The zero-order valence-electron chi connectivity index (χ0n) is 21.1. The summed E-state index contributed by atoms with van der Waals surface area (Å²) in [5.74, 6) is 0.235. The molecule has 37 heavy (non-hydrogen) atoms. The molecule has 1 heterocycles. The van der Waals surface area contributed by atoms with Crippen LogP contribution in [0.1, 0.15) is 41.2 Å². The molecule has 0 radical (unpaired) electrons. The summed E-state index contributed by atoms with van der Waals surface area (Å²) in [7, 11) is 1.58. The second-order valence-electron chi connectivity index (χ2n) is 9.28. The van der Waals surface area contributed by atoms with Crippen molar-refractivity contribution in [2.24, 2.45) is 5.73 Å². The second-order valence-corrected chi connectivity index (χ2v) is 9.28. The van der Waals surface area contributed by atoms with Crippen LogP contribution in [-0.2, 0) is 16.7 Å². The number of nitriles is 1. The summed E-state index contributed by atoms with van der Waals surface area (Å²) >= 11 is 0. The molecule has 1 unspecified atom stereocenters. The SMILES string of the molecule is COCC(C)NC(=O)c1cc(-c2nnc([C@](C)(N)Cc3ccccc3)o2)cc(-c2ccccc2C#N)c1. The van der Waals surface area contributed by atoms with E-state index in [-0.39, 0.29) is 23.7 Å². The first-order valence-corrected chi connectivity index (χ1v) is 11.9. The van der Waals surface area contributed by atoms with Gasteiger partial charge in [0.1, 0.15) is 0 Å². The zero-order valence-corrected chi connectivity index (χ0v) is 21.1. The molecule has 4 aromatic rings. The average molecular weight is 496 g/mol. The van der Waals surface area contributed by atoms with Gasteiger partial charge in [0, 0.05) is 24.3 Å². The van der Waals surface area contributed by atoms with Crippen LogP contribution in [0.5, 0.6) is 0 Å². The lowest BCUT2D eigenvalue weighted by molar-refractivity contribution is 0.0905. The monoisotopic (exact) mass is 495 g/mol. The summed E-state index contributed by atoms with van der Waals surface area (Å²) in [5.41, 5.74) is 9.52. The van der Waals surface area contributed by atoms with Gasteiger partial charge in [-0.3, -0.25) is 4.79 Å². The van der Waals surface area contributed by atoms with Gasteiger partial charge in [0.05, 0.1) is 23.8 Å². The molecule has 0 fully saturated rings. The number of benzene rings is 3. The molecule has 3 N–H and O–H groups in total. The van der Waals surface area contributed by atoms with E-state index in [9.17, 15) is 10.1 Å². The van der Waals surface area contributed by atoms with Crippen molar-refractivity contribution in [3.63, 3.8) is 0 Å². The van der Waals surface area contributed by atoms with E-state index < -0.39 is 5.54 Å². The van der Waals surface area contributed by atoms with Crippen molar-refractivity contribution >= 4 is 5.91 Å². The summed E-state index contributed by atoms with van der Waals surface area (Å²) in [5, 5.41) is 21.0. The molecule has 0 spiro atoms. The van der Waals surface area contributed by atoms with Gasteiger partial charge in [-0.05, 0) is 61.2 Å². The van der Waals surface area contributed by atoms with Crippen LogP contribution in [0.25, 0.3) is 22.6 Å². The Kier molecular flexibility index (Phi) is 7.77. The van der Waals surface area contributed by atoms with Crippen LogP contribution < -0.4 is 11.1 Å². The molecule has 4 rings (SSSR count). The van der Waals surface area contributed by atoms with Gasteiger partial charge in [-0.2, -0.15) is 5.26 Å². The van der Waals surface area contributed by atoms with E-state index in [1.54, 1.807) is 31.4 Å². The highest BCUT2D eigenvalue weighted by atomic mass is 16.5. The third-order valence-corrected chi connectivity index (χ3v) is 5.92. The third-order valence-electron chi connectivity index (χ3n) is 5.92. The van der Waals surface area contributed by atoms with Crippen molar-refractivity contribution in [1.82, 2.24) is 15.5 Å². The molecule has 0 aliphatic heterocycles. The Morgan fingerprint density at radius 3 is 2.54 bits per heavy atom. The Labute approximate surface area is 216 Å². The zero-order chi connectivity index (χ0) is 26.4. The lowest BCUT2D eigenvalue weighted by atomic mass is 9.94. The van der Waals surface area contributed by atoms with Crippen LogP contribution in [0.2, 0.25) is 0 Å². The number of nitrogens with one attached hydrogen (secondary N) is 1. The van der Waals surface area contributed by atoms with Gasteiger partial charge in [-0.15, -0.1) is 10.2 Å². The molecule has 188 valence electrons. The number of hydrogen-bond acceptors (Lipinski definition) is 7. The maximum Gasteiger partial charge on any atom is 0.251 e. The van der Waals surface area contributed by atoms with Crippen molar-refractivity contribution in [2.45, 2.75) is 31.8 Å². The van der Waals surface area contributed by atoms with Crippen molar-refractivity contribution in [3.05, 3.63) is 95.4 Å². The van der Waals surface area contributed by atoms with E-state index in [1.807, 2.05) is 62.4 Å². The van der Waals surface area contributed by atoms with Crippen LogP contribution in [0, 0.1) is 11.3 Å². The van der Waals surface area contributed by atoms with Crippen molar-refractivity contribution in [2.75, 3.05) is 13.7 Å². The van der Waals surface area contributed by atoms with Crippen molar-refractivity contribution in [3.8, 4) is 28.7 Å². The molecular weight excluding hydrogens is 466 g/mol. The number of nitrogens with two attached hydrogens (primary N) is 1. The first kappa shape index (κ1) is 25.8. The number of carbonyl (C=O) groups is 1. The Bertz CT molecular complexity index is 1420. The molecular formula is C29H29N5O3. The summed E-state index contributed by atoms with van der Waals surface area (Å²) in [6.45, 7) is 4.07. The number of hydrogen-bond donors (Lipinski definition) is 2. The average Bonchev–Trinajstić information content (AvgIpc) is 3.40. The number of aromatic nitrogens is 2. The van der Waals surface area contributed by atoms with E-state index in [0.717, 1.165) is 5.56 Å². The quantitative estimate of drug-likeness (QED) is 0.351. The predicted octanol–water partition coefficient (Wildman–Crippen LogP) is 4.46. The molecule has 3 aromatic carbocycles. The summed E-state index contributed by atoms with van der Waals surface area (Å²) in [4.78, 5) is 13.1. The third kappa shape index (κ3) is 6.09. The highest BCUT2D eigenvalue weighted by Gasteiger charge is 2.29. The summed E-state index contributed by atoms with van der Waals surface area (Å²) in [6, 6.07) is 24.3. The number of carbonyl (C=O) groups excluding carboxylic acids is 1. The molecule has 2 atom stereocenters. The van der Waals surface area contributed by atoms with Gasteiger partial charge in [-0.1, -0.05) is 48.5 Å². The van der Waals surface area contributed by atoms with Gasteiger partial charge >= 0.3 is 0 Å². The molecule has 1 aromatic heterocycles. The van der Waals surface area contributed by atoms with Gasteiger partial charge in [0.25, 0.3) is 5.91 Å². The second kappa shape index (κ2) is 11.2. The van der Waals surface area contributed by atoms with Crippen LogP contribution in [0.3, 0.4) is 0 Å². The van der Waals surface area contributed by atoms with Crippen LogP contribution in [-0.4, -0.2) is 35.9 Å². The number of methoxy groups -OCH3 is 1. The smallest absolute Gasteiger partial charge is 0.251 e. The highest BCUT2D eigenvalue weighted by Crippen LogP contribution is 2.31. The lowest BCUT2D eigenvalue weighted by Crippen LogP contribution is -2.35. The van der Waals surface area contributed by atoms with E-state index in [0.29, 0.717) is 40.8 Å². The van der Waals surface area contributed by atoms with Crippen LogP contribution >= 0.6 is 0 Å². The Balaban J connectivity index is 1.74. The molecule has 0 aliphatic rings. The molecule has 0 aliphatic carbocycles. The van der Waals surface area contributed by atoms with Gasteiger partial charge in [0.2, 0.25) is 11.8 Å². The predicted molar refractivity (Wildman–Crippen MR) is 140 cm³/mol. The van der Waals surface area contributed by atoms with E-state index in [4.69, 9.17) is 14.9 Å². The first-order valence-electron chi connectivity index (χ1n) is 11.9. The fourth-order valence-electron chi connectivity index (χ4n) is 4.13. The van der Waals surface area contributed by atoms with Gasteiger partial charge < -0.3 is 20.2 Å². The Morgan fingerprint density at radius 1 is 1.11 bits per heavy atom. The van der Waals surface area contributed by atoms with E-state index in [1.165, 1.54) is 0 Å². The van der Waals surface area contributed by atoms with Crippen LogP contribution in [0.4, 0.5) is 0 Å². The minimum absolute atomic E-state index is 0.193. The maximum absolute atomic E-state index is 13.1. The van der Waals surface area contributed by atoms with E-state index >= 15 is 0 Å². The lowest BCUT2D eigenvalue weighted by Gasteiger charge is -2.20. The largest absolute Gasteiger partial charge is 0.419 e. The number of nitrogens with zero attached hydrogens (tertiary/aromatic N) is 3. The molecule has 8 heteroatoms. The van der Waals surface area contributed by atoms with Crippen molar-refractivity contribution < 1.29 is 13.9 Å². The normalized spacial score (nSPS) is 13.4. The van der Waals surface area contributed by atoms with E-state index in [2.05, 4.69) is 21.6 Å². The minimum atomic E-state index is -0.895. The van der Waals surface area contributed by atoms with Gasteiger partial charge in [-0.25, -0.2) is 0 Å². The summed E-state index contributed by atoms with van der Waals surface area (Å²) in [6.07, 6.45) is 0.510. The Hall–Kier alpha value is -4.32. The fraction of sp³-hybridized carbons (Fsp3) is 0.241. The van der Waals surface area contributed by atoms with Gasteiger partial charge in [0.15, 0.2) is 0 Å². The Morgan fingerprint density at radius 2 is 1.81 bits per heavy atom. The summed E-state index contributed by atoms with van der Waals surface area (Å²) < 4.78 is 11.2. The molecule has 8 nitrogen and oxygen atoms in total. The number of amides is 1. The first-order chi connectivity index (χ1) is 17.8. The molecule has 0 saturated carbocycles. The topological polar surface area (TPSA) is 127 Å². The number of ether oxygens (including phenoxy) is 1. The molecule has 0 saturated heterocycles.